The Balaban J connectivity index is 2.30. The first-order chi connectivity index (χ1) is 9.61. The number of anilines is 1. The molecule has 1 aromatic rings. The molecule has 0 radical (unpaired) electrons. The van der Waals surface area contributed by atoms with Crippen LogP contribution in [0.1, 0.15) is 12.0 Å². The van der Waals surface area contributed by atoms with E-state index < -0.39 is 0 Å². The van der Waals surface area contributed by atoms with Crippen molar-refractivity contribution in [3.63, 3.8) is 0 Å². The van der Waals surface area contributed by atoms with E-state index in [1.807, 2.05) is 0 Å². The van der Waals surface area contributed by atoms with E-state index >= 15 is 0 Å². The summed E-state index contributed by atoms with van der Waals surface area (Å²) < 4.78 is 2.11. The first-order valence-corrected chi connectivity index (χ1v) is 7.73. The highest BCUT2D eigenvalue weighted by Gasteiger charge is 2.21. The SMILES string of the molecule is CN1CCN(c2cccc(CCC=O)c2SN(C)C)C1. The van der Waals surface area contributed by atoms with Crippen LogP contribution in [0.3, 0.4) is 0 Å². The van der Waals surface area contributed by atoms with Crippen LogP contribution >= 0.6 is 11.9 Å². The van der Waals surface area contributed by atoms with Gasteiger partial charge in [0.15, 0.2) is 0 Å². The zero-order chi connectivity index (χ0) is 14.5. The molecule has 5 heteroatoms. The Morgan fingerprint density at radius 1 is 1.35 bits per heavy atom. The number of hydrogen-bond donors (Lipinski definition) is 0. The summed E-state index contributed by atoms with van der Waals surface area (Å²) in [6.45, 7) is 3.14. The van der Waals surface area contributed by atoms with E-state index in [0.29, 0.717) is 6.42 Å². The number of likely N-dealkylation sites (N-methyl/N-ethyl adjacent to an activating group) is 1. The molecule has 1 aromatic carbocycles. The van der Waals surface area contributed by atoms with Crippen molar-refractivity contribution in [3.8, 4) is 0 Å². The summed E-state index contributed by atoms with van der Waals surface area (Å²) in [6.07, 6.45) is 2.40. The molecule has 0 aromatic heterocycles. The molecular weight excluding hydrogens is 270 g/mol. The molecule has 0 spiro atoms. The van der Waals surface area contributed by atoms with Crippen molar-refractivity contribution in [1.82, 2.24) is 9.21 Å². The van der Waals surface area contributed by atoms with Crippen LogP contribution in [0, 0.1) is 0 Å². The molecule has 1 aliphatic heterocycles. The lowest BCUT2D eigenvalue weighted by molar-refractivity contribution is -0.107. The Kier molecular flexibility index (Phi) is 5.46. The van der Waals surface area contributed by atoms with Crippen LogP contribution in [0.4, 0.5) is 5.69 Å². The smallest absolute Gasteiger partial charge is 0.120 e. The molecule has 1 aliphatic rings. The Bertz CT molecular complexity index is 464. The number of nitrogens with zero attached hydrogens (tertiary/aromatic N) is 3. The van der Waals surface area contributed by atoms with E-state index in [2.05, 4.69) is 53.4 Å². The third-order valence-electron chi connectivity index (χ3n) is 3.39. The van der Waals surface area contributed by atoms with Crippen LogP contribution in [0.2, 0.25) is 0 Å². The summed E-state index contributed by atoms with van der Waals surface area (Å²) >= 11 is 1.75. The van der Waals surface area contributed by atoms with Gasteiger partial charge in [-0.25, -0.2) is 0 Å². The predicted molar refractivity (Wildman–Crippen MR) is 85.2 cm³/mol. The van der Waals surface area contributed by atoms with Gasteiger partial charge in [-0.05, 0) is 51.1 Å². The van der Waals surface area contributed by atoms with Crippen molar-refractivity contribution in [1.29, 1.82) is 0 Å². The number of carbonyl (C=O) groups is 1. The first-order valence-electron chi connectivity index (χ1n) is 6.96. The van der Waals surface area contributed by atoms with Crippen LogP contribution in [-0.4, -0.2) is 56.4 Å². The van der Waals surface area contributed by atoms with Gasteiger partial charge in [0.05, 0.1) is 12.4 Å². The molecular formula is C15H23N3OS. The molecule has 0 saturated carbocycles. The number of aldehydes is 1. The standard InChI is InChI=1S/C15H23N3OS/c1-16(2)20-15-13(7-5-11-19)6-4-8-14(15)18-10-9-17(3)12-18/h4,6,8,11H,5,7,9-10,12H2,1-3H3. The molecule has 0 bridgehead atoms. The largest absolute Gasteiger partial charge is 0.356 e. The summed E-state index contributed by atoms with van der Waals surface area (Å²) in [5, 5.41) is 0. The molecule has 110 valence electrons. The Labute approximate surface area is 125 Å². The lowest BCUT2D eigenvalue weighted by Crippen LogP contribution is -2.23. The third-order valence-corrected chi connectivity index (χ3v) is 4.40. The molecule has 4 nitrogen and oxygen atoms in total. The maximum Gasteiger partial charge on any atom is 0.120 e. The van der Waals surface area contributed by atoms with Crippen molar-refractivity contribution >= 4 is 23.9 Å². The normalized spacial score (nSPS) is 16.1. The highest BCUT2D eigenvalue weighted by Crippen LogP contribution is 2.35. The van der Waals surface area contributed by atoms with E-state index in [4.69, 9.17) is 0 Å². The predicted octanol–water partition coefficient (Wildman–Crippen LogP) is 2.10. The molecule has 1 heterocycles. The summed E-state index contributed by atoms with van der Waals surface area (Å²) in [5.41, 5.74) is 2.55. The van der Waals surface area contributed by atoms with E-state index in [-0.39, 0.29) is 0 Å². The Morgan fingerprint density at radius 2 is 2.15 bits per heavy atom. The van der Waals surface area contributed by atoms with Crippen LogP contribution in [0.5, 0.6) is 0 Å². The van der Waals surface area contributed by atoms with Gasteiger partial charge in [0.1, 0.15) is 6.29 Å². The fraction of sp³-hybridized carbons (Fsp3) is 0.533. The average molecular weight is 293 g/mol. The fourth-order valence-corrected chi connectivity index (χ4v) is 3.38. The van der Waals surface area contributed by atoms with Gasteiger partial charge in [-0.15, -0.1) is 0 Å². The van der Waals surface area contributed by atoms with Gasteiger partial charge < -0.3 is 9.69 Å². The van der Waals surface area contributed by atoms with E-state index in [1.54, 1.807) is 11.9 Å². The van der Waals surface area contributed by atoms with Gasteiger partial charge in [0, 0.05) is 24.4 Å². The zero-order valence-electron chi connectivity index (χ0n) is 12.5. The second-order valence-electron chi connectivity index (χ2n) is 5.36. The summed E-state index contributed by atoms with van der Waals surface area (Å²) in [4.78, 5) is 16.7. The van der Waals surface area contributed by atoms with Gasteiger partial charge in [-0.3, -0.25) is 9.21 Å². The van der Waals surface area contributed by atoms with Crippen molar-refractivity contribution in [2.75, 3.05) is 45.8 Å². The summed E-state index contributed by atoms with van der Waals surface area (Å²) in [5.74, 6) is 0. The topological polar surface area (TPSA) is 26.8 Å². The molecule has 0 amide bonds. The quantitative estimate of drug-likeness (QED) is 0.591. The molecule has 0 unspecified atom stereocenters. The van der Waals surface area contributed by atoms with Crippen LogP contribution in [0.25, 0.3) is 0 Å². The van der Waals surface area contributed by atoms with Crippen molar-refractivity contribution in [3.05, 3.63) is 23.8 Å². The van der Waals surface area contributed by atoms with Gasteiger partial charge in [0.25, 0.3) is 0 Å². The Hall–Kier alpha value is -1.04. The lowest BCUT2D eigenvalue weighted by Gasteiger charge is -2.24. The van der Waals surface area contributed by atoms with E-state index in [0.717, 1.165) is 32.5 Å². The molecule has 0 aliphatic carbocycles. The van der Waals surface area contributed by atoms with Crippen LogP contribution < -0.4 is 4.90 Å². The maximum absolute atomic E-state index is 10.7. The summed E-state index contributed by atoms with van der Waals surface area (Å²) in [7, 11) is 6.26. The molecule has 0 atom stereocenters. The van der Waals surface area contributed by atoms with E-state index in [9.17, 15) is 4.79 Å². The van der Waals surface area contributed by atoms with E-state index in [1.165, 1.54) is 16.1 Å². The monoisotopic (exact) mass is 293 g/mol. The second kappa shape index (κ2) is 7.11. The first kappa shape index (κ1) is 15.4. The average Bonchev–Trinajstić information content (AvgIpc) is 2.83. The number of aryl methyl sites for hydroxylation is 1. The minimum atomic E-state index is 0.588. The number of rotatable bonds is 6. The maximum atomic E-state index is 10.7. The lowest BCUT2D eigenvalue weighted by atomic mass is 10.1. The van der Waals surface area contributed by atoms with Crippen molar-refractivity contribution in [2.45, 2.75) is 17.7 Å². The van der Waals surface area contributed by atoms with Gasteiger partial charge >= 0.3 is 0 Å². The molecule has 0 N–H and O–H groups in total. The number of benzene rings is 1. The number of hydrogen-bond acceptors (Lipinski definition) is 5. The van der Waals surface area contributed by atoms with Crippen LogP contribution in [-0.2, 0) is 11.2 Å². The van der Waals surface area contributed by atoms with Crippen molar-refractivity contribution < 1.29 is 4.79 Å². The van der Waals surface area contributed by atoms with Crippen LogP contribution in [0.15, 0.2) is 23.1 Å². The van der Waals surface area contributed by atoms with Gasteiger partial charge in [-0.2, -0.15) is 0 Å². The van der Waals surface area contributed by atoms with Gasteiger partial charge in [0.2, 0.25) is 0 Å². The highest BCUT2D eigenvalue weighted by atomic mass is 32.2. The third kappa shape index (κ3) is 3.75. The Morgan fingerprint density at radius 3 is 2.75 bits per heavy atom. The molecule has 20 heavy (non-hydrogen) atoms. The number of carbonyl (C=O) groups excluding carboxylic acids is 1. The van der Waals surface area contributed by atoms with Gasteiger partial charge in [-0.1, -0.05) is 12.1 Å². The highest BCUT2D eigenvalue weighted by molar-refractivity contribution is 7.97. The van der Waals surface area contributed by atoms with Crippen molar-refractivity contribution in [2.24, 2.45) is 0 Å². The fourth-order valence-electron chi connectivity index (χ4n) is 2.44. The molecule has 1 saturated heterocycles. The minimum absolute atomic E-state index is 0.588. The molecule has 1 fully saturated rings. The zero-order valence-corrected chi connectivity index (χ0v) is 13.3. The summed E-state index contributed by atoms with van der Waals surface area (Å²) in [6, 6.07) is 6.43. The minimum Gasteiger partial charge on any atom is -0.356 e. The second-order valence-corrected chi connectivity index (χ2v) is 6.68. The molecule has 2 rings (SSSR count).